The summed E-state index contributed by atoms with van der Waals surface area (Å²) in [4.78, 5) is 1.04. The molecule has 1 aromatic carbocycles. The Morgan fingerprint density at radius 3 is 2.44 bits per heavy atom. The van der Waals surface area contributed by atoms with E-state index < -0.39 is 0 Å². The van der Waals surface area contributed by atoms with Crippen LogP contribution in [0.1, 0.15) is 38.5 Å². The number of halogens is 1. The van der Waals surface area contributed by atoms with Gasteiger partial charge in [0.05, 0.1) is 16.3 Å². The van der Waals surface area contributed by atoms with Gasteiger partial charge in [0.1, 0.15) is 0 Å². The number of hydrogen-bond acceptors (Lipinski definition) is 2. The summed E-state index contributed by atoms with van der Waals surface area (Å²) in [7, 11) is 0. The maximum atomic E-state index is 9.41. The molecule has 0 radical (unpaired) electrons. The van der Waals surface area contributed by atoms with Crippen LogP contribution in [-0.2, 0) is 0 Å². The SMILES string of the molecule is N#CC(Sc1ccccc1Cl)C1CCCCCC1. The Labute approximate surface area is 119 Å². The average Bonchev–Trinajstić information content (AvgIpc) is 2.67. The van der Waals surface area contributed by atoms with E-state index in [0.717, 1.165) is 9.92 Å². The van der Waals surface area contributed by atoms with E-state index in [2.05, 4.69) is 6.07 Å². The Morgan fingerprint density at radius 2 is 1.83 bits per heavy atom. The fraction of sp³-hybridized carbons (Fsp3) is 0.533. The lowest BCUT2D eigenvalue weighted by atomic mass is 9.97. The molecule has 1 aromatic rings. The first-order chi connectivity index (χ1) is 8.81. The highest BCUT2D eigenvalue weighted by atomic mass is 35.5. The van der Waals surface area contributed by atoms with Crippen LogP contribution >= 0.6 is 23.4 Å². The molecule has 0 spiro atoms. The van der Waals surface area contributed by atoms with E-state index in [0.29, 0.717) is 5.92 Å². The minimum Gasteiger partial charge on any atom is -0.197 e. The molecule has 2 rings (SSSR count). The molecule has 1 nitrogen and oxygen atoms in total. The van der Waals surface area contributed by atoms with E-state index >= 15 is 0 Å². The number of thioether (sulfide) groups is 1. The molecule has 0 aliphatic heterocycles. The largest absolute Gasteiger partial charge is 0.197 e. The minimum absolute atomic E-state index is 0.0444. The van der Waals surface area contributed by atoms with Crippen molar-refractivity contribution in [1.29, 1.82) is 5.26 Å². The van der Waals surface area contributed by atoms with Crippen LogP contribution in [-0.4, -0.2) is 5.25 Å². The second-order valence-electron chi connectivity index (χ2n) is 4.85. The van der Waals surface area contributed by atoms with E-state index in [-0.39, 0.29) is 5.25 Å². The predicted molar refractivity (Wildman–Crippen MR) is 77.9 cm³/mol. The smallest absolute Gasteiger partial charge is 0.0992 e. The van der Waals surface area contributed by atoms with Gasteiger partial charge in [0, 0.05) is 4.90 Å². The van der Waals surface area contributed by atoms with Crippen molar-refractivity contribution in [2.24, 2.45) is 5.92 Å². The Hall–Kier alpha value is -0.650. The molecule has 1 unspecified atom stereocenters. The molecule has 18 heavy (non-hydrogen) atoms. The van der Waals surface area contributed by atoms with Crippen molar-refractivity contribution in [1.82, 2.24) is 0 Å². The van der Waals surface area contributed by atoms with Gasteiger partial charge in [-0.1, -0.05) is 49.4 Å². The Kier molecular flexibility index (Phi) is 5.41. The molecule has 3 heteroatoms. The first-order valence-electron chi connectivity index (χ1n) is 6.62. The molecule has 1 fully saturated rings. The number of rotatable bonds is 3. The molecule has 0 saturated heterocycles. The zero-order valence-electron chi connectivity index (χ0n) is 10.4. The van der Waals surface area contributed by atoms with Gasteiger partial charge in [-0.15, -0.1) is 11.8 Å². The van der Waals surface area contributed by atoms with Crippen LogP contribution in [0, 0.1) is 17.2 Å². The fourth-order valence-electron chi connectivity index (χ4n) is 2.52. The topological polar surface area (TPSA) is 23.8 Å². The van der Waals surface area contributed by atoms with Crippen molar-refractivity contribution in [3.05, 3.63) is 29.3 Å². The van der Waals surface area contributed by atoms with Gasteiger partial charge in [-0.25, -0.2) is 0 Å². The first kappa shape index (κ1) is 13.8. The first-order valence-corrected chi connectivity index (χ1v) is 7.88. The van der Waals surface area contributed by atoms with E-state index in [1.807, 2.05) is 24.3 Å². The third-order valence-electron chi connectivity index (χ3n) is 3.55. The summed E-state index contributed by atoms with van der Waals surface area (Å²) < 4.78 is 0. The lowest BCUT2D eigenvalue weighted by molar-refractivity contribution is 0.479. The summed E-state index contributed by atoms with van der Waals surface area (Å²) in [6.45, 7) is 0. The number of nitriles is 1. The summed E-state index contributed by atoms with van der Waals surface area (Å²) >= 11 is 7.80. The van der Waals surface area contributed by atoms with Crippen LogP contribution in [0.2, 0.25) is 5.02 Å². The Bertz CT molecular complexity index is 419. The van der Waals surface area contributed by atoms with Gasteiger partial charge in [0.25, 0.3) is 0 Å². The van der Waals surface area contributed by atoms with E-state index in [9.17, 15) is 5.26 Å². The lowest BCUT2D eigenvalue weighted by Crippen LogP contribution is -2.14. The van der Waals surface area contributed by atoms with Gasteiger partial charge in [-0.3, -0.25) is 0 Å². The number of benzene rings is 1. The molecule has 0 amide bonds. The van der Waals surface area contributed by atoms with Crippen LogP contribution in [0.25, 0.3) is 0 Å². The van der Waals surface area contributed by atoms with Crippen LogP contribution in [0.5, 0.6) is 0 Å². The van der Waals surface area contributed by atoms with Crippen LogP contribution < -0.4 is 0 Å². The molecule has 0 N–H and O–H groups in total. The van der Waals surface area contributed by atoms with Crippen molar-refractivity contribution >= 4 is 23.4 Å². The van der Waals surface area contributed by atoms with Crippen molar-refractivity contribution in [2.45, 2.75) is 48.7 Å². The van der Waals surface area contributed by atoms with E-state index in [1.165, 1.54) is 38.5 Å². The summed E-state index contributed by atoms with van der Waals surface area (Å²) in [5.41, 5.74) is 0. The summed E-state index contributed by atoms with van der Waals surface area (Å²) in [6.07, 6.45) is 7.57. The van der Waals surface area contributed by atoms with Crippen molar-refractivity contribution < 1.29 is 0 Å². The molecule has 1 saturated carbocycles. The van der Waals surface area contributed by atoms with E-state index in [1.54, 1.807) is 11.8 Å². The zero-order valence-corrected chi connectivity index (χ0v) is 12.0. The molecule has 0 bridgehead atoms. The third-order valence-corrected chi connectivity index (χ3v) is 5.34. The number of nitrogens with zero attached hydrogens (tertiary/aromatic N) is 1. The van der Waals surface area contributed by atoms with Crippen LogP contribution in [0.15, 0.2) is 29.2 Å². The van der Waals surface area contributed by atoms with Gasteiger partial charge in [-0.05, 0) is 30.9 Å². The third kappa shape index (κ3) is 3.67. The molecule has 0 aromatic heterocycles. The Balaban J connectivity index is 2.05. The van der Waals surface area contributed by atoms with Gasteiger partial charge in [-0.2, -0.15) is 5.26 Å². The Morgan fingerprint density at radius 1 is 1.17 bits per heavy atom. The summed E-state index contributed by atoms with van der Waals surface area (Å²) in [5, 5.41) is 10.2. The van der Waals surface area contributed by atoms with Gasteiger partial charge < -0.3 is 0 Å². The molecule has 1 aliphatic carbocycles. The minimum atomic E-state index is 0.0444. The fourth-order valence-corrected chi connectivity index (χ4v) is 3.92. The second kappa shape index (κ2) is 7.07. The predicted octanol–water partition coefficient (Wildman–Crippen LogP) is 5.29. The summed E-state index contributed by atoms with van der Waals surface area (Å²) in [6, 6.07) is 10.3. The van der Waals surface area contributed by atoms with E-state index in [4.69, 9.17) is 11.6 Å². The maximum Gasteiger partial charge on any atom is 0.0992 e. The maximum absolute atomic E-state index is 9.41. The molecule has 96 valence electrons. The second-order valence-corrected chi connectivity index (χ2v) is 6.44. The molecule has 0 heterocycles. The monoisotopic (exact) mass is 279 g/mol. The molecule has 1 aliphatic rings. The summed E-state index contributed by atoms with van der Waals surface area (Å²) in [5.74, 6) is 0.527. The lowest BCUT2D eigenvalue weighted by Gasteiger charge is -2.19. The normalized spacial score (nSPS) is 18.9. The quantitative estimate of drug-likeness (QED) is 0.554. The zero-order chi connectivity index (χ0) is 12.8. The average molecular weight is 280 g/mol. The van der Waals surface area contributed by atoms with Gasteiger partial charge in [0.15, 0.2) is 0 Å². The molecule has 1 atom stereocenters. The standard InChI is InChI=1S/C15H18ClNS/c16-13-9-5-6-10-14(13)18-15(11-17)12-7-3-1-2-4-8-12/h5-6,9-10,12,15H,1-4,7-8H2. The number of hydrogen-bond donors (Lipinski definition) is 0. The van der Waals surface area contributed by atoms with Crippen LogP contribution in [0.3, 0.4) is 0 Å². The van der Waals surface area contributed by atoms with Crippen LogP contribution in [0.4, 0.5) is 0 Å². The van der Waals surface area contributed by atoms with Crippen molar-refractivity contribution in [3.63, 3.8) is 0 Å². The molecular formula is C15H18ClNS. The molecular weight excluding hydrogens is 262 g/mol. The van der Waals surface area contributed by atoms with Gasteiger partial charge in [0.2, 0.25) is 0 Å². The van der Waals surface area contributed by atoms with Crippen molar-refractivity contribution in [2.75, 3.05) is 0 Å². The highest BCUT2D eigenvalue weighted by Gasteiger charge is 2.24. The highest BCUT2D eigenvalue weighted by molar-refractivity contribution is 8.00. The van der Waals surface area contributed by atoms with Crippen molar-refractivity contribution in [3.8, 4) is 6.07 Å². The highest BCUT2D eigenvalue weighted by Crippen LogP contribution is 2.37. The van der Waals surface area contributed by atoms with Gasteiger partial charge >= 0.3 is 0 Å².